The lowest BCUT2D eigenvalue weighted by Gasteiger charge is -2.17. The van der Waals surface area contributed by atoms with Gasteiger partial charge < -0.3 is 5.32 Å². The minimum Gasteiger partial charge on any atom is -0.311 e. The lowest BCUT2D eigenvalue weighted by atomic mass is 10.2. The summed E-state index contributed by atoms with van der Waals surface area (Å²) in [6.45, 7) is 0. The normalized spacial score (nSPS) is 12.6. The first-order valence-corrected chi connectivity index (χ1v) is 7.52. The van der Waals surface area contributed by atoms with Gasteiger partial charge in [0.1, 0.15) is 0 Å². The average Bonchev–Trinajstić information content (AvgIpc) is 2.73. The van der Waals surface area contributed by atoms with Crippen LogP contribution in [0.25, 0.3) is 0 Å². The summed E-state index contributed by atoms with van der Waals surface area (Å²) in [4.78, 5) is 1.29. The van der Waals surface area contributed by atoms with Crippen LogP contribution in [0.3, 0.4) is 0 Å². The number of hydrogen-bond donors (Lipinski definition) is 1. The fourth-order valence-electron chi connectivity index (χ4n) is 1.81. The average molecular weight is 326 g/mol. The third kappa shape index (κ3) is 3.16. The third-order valence-electron chi connectivity index (χ3n) is 2.78. The van der Waals surface area contributed by atoms with Crippen LogP contribution < -0.4 is 5.32 Å². The Balaban J connectivity index is 2.07. The molecule has 5 heteroatoms. The largest absolute Gasteiger partial charge is 0.311 e. The maximum absolute atomic E-state index is 4.26. The van der Waals surface area contributed by atoms with E-state index in [1.54, 1.807) is 0 Å². The topological polar surface area (TPSA) is 29.9 Å². The number of nitrogens with zero attached hydrogens (tertiary/aromatic N) is 2. The van der Waals surface area contributed by atoms with Gasteiger partial charge in [-0.25, -0.2) is 0 Å². The molecule has 1 N–H and O–H groups in total. The van der Waals surface area contributed by atoms with E-state index in [1.807, 2.05) is 42.8 Å². The number of thioether (sulfide) groups is 1. The van der Waals surface area contributed by atoms with E-state index in [2.05, 4.69) is 50.6 Å². The van der Waals surface area contributed by atoms with Gasteiger partial charge in [-0.3, -0.25) is 4.68 Å². The van der Waals surface area contributed by atoms with Crippen LogP contribution in [0, 0.1) is 0 Å². The quantitative estimate of drug-likeness (QED) is 0.856. The molecule has 0 fully saturated rings. The molecule has 2 aromatic rings. The first-order valence-electron chi connectivity index (χ1n) is 5.75. The summed E-state index contributed by atoms with van der Waals surface area (Å²) in [5.41, 5.74) is 1.18. The van der Waals surface area contributed by atoms with Crippen LogP contribution in [0.2, 0.25) is 0 Å². The molecule has 0 aliphatic carbocycles. The second kappa shape index (κ2) is 6.41. The van der Waals surface area contributed by atoms with Crippen LogP contribution in [0.4, 0.5) is 0 Å². The number of hydrogen-bond acceptors (Lipinski definition) is 3. The molecule has 3 nitrogen and oxygen atoms in total. The molecular weight excluding hydrogens is 310 g/mol. The first kappa shape index (κ1) is 13.6. The van der Waals surface area contributed by atoms with Crippen molar-refractivity contribution in [3.63, 3.8) is 0 Å². The van der Waals surface area contributed by atoms with Crippen molar-refractivity contribution < 1.29 is 0 Å². The molecule has 0 saturated heterocycles. The van der Waals surface area contributed by atoms with Crippen LogP contribution >= 0.6 is 27.7 Å². The molecule has 0 aliphatic heterocycles. The highest BCUT2D eigenvalue weighted by Crippen LogP contribution is 2.28. The number of benzene rings is 1. The highest BCUT2D eigenvalue weighted by molar-refractivity contribution is 9.10. The summed E-state index contributed by atoms with van der Waals surface area (Å²) >= 11 is 5.40. The van der Waals surface area contributed by atoms with E-state index in [1.165, 1.54) is 10.6 Å². The second-order valence-electron chi connectivity index (χ2n) is 3.97. The molecule has 2 rings (SSSR count). The summed E-state index contributed by atoms with van der Waals surface area (Å²) in [7, 11) is 3.95. The highest BCUT2D eigenvalue weighted by Gasteiger charge is 2.17. The standard InChI is InChI=1S/C13H16BrN3S/c1-15-12(13-11(14)8-16-17(13)2)9-18-10-6-4-3-5-7-10/h3-8,12,15H,9H2,1-2H3. The van der Waals surface area contributed by atoms with Crippen molar-refractivity contribution in [2.45, 2.75) is 10.9 Å². The molecule has 0 aliphatic rings. The van der Waals surface area contributed by atoms with Gasteiger partial charge in [-0.1, -0.05) is 18.2 Å². The Hall–Kier alpha value is -0.780. The molecule has 1 unspecified atom stereocenters. The lowest BCUT2D eigenvalue weighted by Crippen LogP contribution is -2.22. The first-order chi connectivity index (χ1) is 8.72. The molecule has 1 aromatic carbocycles. The summed E-state index contributed by atoms with van der Waals surface area (Å²) < 4.78 is 2.97. The van der Waals surface area contributed by atoms with Gasteiger partial charge in [0.05, 0.1) is 22.4 Å². The molecule has 1 heterocycles. The Morgan fingerprint density at radius 3 is 2.67 bits per heavy atom. The monoisotopic (exact) mass is 325 g/mol. The van der Waals surface area contributed by atoms with Crippen molar-refractivity contribution >= 4 is 27.7 Å². The molecule has 96 valence electrons. The number of nitrogens with one attached hydrogen (secondary N) is 1. The molecule has 0 saturated carbocycles. The van der Waals surface area contributed by atoms with Gasteiger partial charge in [-0.05, 0) is 35.1 Å². The Labute approximate surface area is 120 Å². The number of rotatable bonds is 5. The summed E-state index contributed by atoms with van der Waals surface area (Å²) in [5.74, 6) is 0.971. The van der Waals surface area contributed by atoms with E-state index in [9.17, 15) is 0 Å². The van der Waals surface area contributed by atoms with Gasteiger partial charge in [-0.2, -0.15) is 5.10 Å². The van der Waals surface area contributed by atoms with Gasteiger partial charge >= 0.3 is 0 Å². The van der Waals surface area contributed by atoms with E-state index in [0.29, 0.717) is 0 Å². The maximum atomic E-state index is 4.26. The molecule has 0 spiro atoms. The minimum absolute atomic E-state index is 0.275. The third-order valence-corrected chi connectivity index (χ3v) is 4.49. The molecule has 1 atom stereocenters. The van der Waals surface area contributed by atoms with Gasteiger partial charge in [0.2, 0.25) is 0 Å². The number of aryl methyl sites for hydroxylation is 1. The van der Waals surface area contributed by atoms with E-state index < -0.39 is 0 Å². The van der Waals surface area contributed by atoms with E-state index >= 15 is 0 Å². The fourth-order valence-corrected chi connectivity index (χ4v) is 3.47. The van der Waals surface area contributed by atoms with Crippen molar-refractivity contribution in [2.24, 2.45) is 7.05 Å². The fraction of sp³-hybridized carbons (Fsp3) is 0.308. The van der Waals surface area contributed by atoms with E-state index in [0.717, 1.165) is 10.2 Å². The molecule has 0 amide bonds. The molecule has 18 heavy (non-hydrogen) atoms. The molecular formula is C13H16BrN3S. The van der Waals surface area contributed by atoms with Crippen molar-refractivity contribution in [1.29, 1.82) is 0 Å². The van der Waals surface area contributed by atoms with Crippen molar-refractivity contribution in [1.82, 2.24) is 15.1 Å². The van der Waals surface area contributed by atoms with Crippen molar-refractivity contribution in [3.05, 3.63) is 46.7 Å². The van der Waals surface area contributed by atoms with Crippen molar-refractivity contribution in [2.75, 3.05) is 12.8 Å². The minimum atomic E-state index is 0.275. The smallest absolute Gasteiger partial charge is 0.0700 e. The lowest BCUT2D eigenvalue weighted by molar-refractivity contribution is 0.583. The Bertz CT molecular complexity index is 479. The second-order valence-corrected chi connectivity index (χ2v) is 5.91. The van der Waals surface area contributed by atoms with Crippen LogP contribution in [-0.4, -0.2) is 22.6 Å². The van der Waals surface area contributed by atoms with Gasteiger partial charge in [0.25, 0.3) is 0 Å². The Kier molecular flexibility index (Phi) is 4.86. The van der Waals surface area contributed by atoms with Gasteiger partial charge in [0.15, 0.2) is 0 Å². The van der Waals surface area contributed by atoms with Crippen molar-refractivity contribution in [3.8, 4) is 0 Å². The Morgan fingerprint density at radius 1 is 1.39 bits per heavy atom. The molecule has 1 aromatic heterocycles. The SMILES string of the molecule is CNC(CSc1ccccc1)c1c(Br)cnn1C. The predicted octanol–water partition coefficient (Wildman–Crippen LogP) is 3.24. The van der Waals surface area contributed by atoms with Gasteiger partial charge in [0, 0.05) is 17.7 Å². The highest BCUT2D eigenvalue weighted by atomic mass is 79.9. The summed E-state index contributed by atoms with van der Waals surface area (Å²) in [6.07, 6.45) is 1.84. The van der Waals surface area contributed by atoms with Crippen LogP contribution in [0.1, 0.15) is 11.7 Å². The number of halogens is 1. The summed E-state index contributed by atoms with van der Waals surface area (Å²) in [5, 5.41) is 7.61. The number of aromatic nitrogens is 2. The molecule has 0 radical (unpaired) electrons. The summed E-state index contributed by atoms with van der Waals surface area (Å²) in [6, 6.07) is 10.7. The van der Waals surface area contributed by atoms with Crippen LogP contribution in [0.5, 0.6) is 0 Å². The van der Waals surface area contributed by atoms with Crippen LogP contribution in [-0.2, 0) is 7.05 Å². The maximum Gasteiger partial charge on any atom is 0.0700 e. The Morgan fingerprint density at radius 2 is 2.11 bits per heavy atom. The van der Waals surface area contributed by atoms with E-state index in [4.69, 9.17) is 0 Å². The predicted molar refractivity (Wildman–Crippen MR) is 79.9 cm³/mol. The van der Waals surface area contributed by atoms with Crippen LogP contribution in [0.15, 0.2) is 45.9 Å². The van der Waals surface area contributed by atoms with Gasteiger partial charge in [-0.15, -0.1) is 11.8 Å². The zero-order valence-corrected chi connectivity index (χ0v) is 12.8. The molecule has 0 bridgehead atoms. The van der Waals surface area contributed by atoms with E-state index in [-0.39, 0.29) is 6.04 Å². The zero-order valence-electron chi connectivity index (χ0n) is 10.4. The zero-order chi connectivity index (χ0) is 13.0.